The van der Waals surface area contributed by atoms with Gasteiger partial charge in [0.15, 0.2) is 18.1 Å². The summed E-state index contributed by atoms with van der Waals surface area (Å²) in [6.07, 6.45) is 0. The minimum atomic E-state index is 0.244. The molecule has 7 heteroatoms. The molecule has 6 nitrogen and oxygen atoms in total. The number of benzene rings is 1. The molecule has 0 aliphatic rings. The smallest absolute Gasteiger partial charge is 0.212 e. The summed E-state index contributed by atoms with van der Waals surface area (Å²) < 4.78 is 11.2. The van der Waals surface area contributed by atoms with Crippen LogP contribution in [0.5, 0.6) is 11.5 Å². The molecule has 0 aliphatic heterocycles. The zero-order valence-electron chi connectivity index (χ0n) is 10.8. The van der Waals surface area contributed by atoms with E-state index < -0.39 is 0 Å². The summed E-state index contributed by atoms with van der Waals surface area (Å²) >= 11 is 5.80. The third-order valence-electron chi connectivity index (χ3n) is 2.37. The summed E-state index contributed by atoms with van der Waals surface area (Å²) in [5.74, 6) is 2.27. The third-order valence-corrected chi connectivity index (χ3v) is 2.68. The molecule has 102 valence electrons. The second kappa shape index (κ2) is 6.38. The maximum absolute atomic E-state index is 5.80. The highest BCUT2D eigenvalue weighted by atomic mass is 35.5. The first-order valence-corrected chi connectivity index (χ1v) is 6.43. The lowest BCUT2D eigenvalue weighted by atomic mass is 10.2. The van der Waals surface area contributed by atoms with Crippen molar-refractivity contribution in [2.45, 2.75) is 19.4 Å². The number of halogens is 1. The van der Waals surface area contributed by atoms with Gasteiger partial charge < -0.3 is 9.47 Å². The summed E-state index contributed by atoms with van der Waals surface area (Å²) in [5, 5.41) is 11.6. The van der Waals surface area contributed by atoms with Gasteiger partial charge in [-0.15, -0.1) is 21.8 Å². The fourth-order valence-electron chi connectivity index (χ4n) is 1.55. The molecule has 0 spiro atoms. The third kappa shape index (κ3) is 3.57. The highest BCUT2D eigenvalue weighted by molar-refractivity contribution is 6.17. The zero-order chi connectivity index (χ0) is 13.7. The van der Waals surface area contributed by atoms with E-state index in [2.05, 4.69) is 15.4 Å². The van der Waals surface area contributed by atoms with Crippen LogP contribution in [0.4, 0.5) is 0 Å². The number of nitrogens with zero attached hydrogens (tertiary/aromatic N) is 4. The minimum absolute atomic E-state index is 0.244. The Morgan fingerprint density at radius 3 is 2.74 bits per heavy atom. The van der Waals surface area contributed by atoms with Crippen LogP contribution in [0.1, 0.15) is 18.3 Å². The largest absolute Gasteiger partial charge is 0.490 e. The minimum Gasteiger partial charge on any atom is -0.490 e. The molecule has 2 aromatic rings. The summed E-state index contributed by atoms with van der Waals surface area (Å²) in [6, 6.07) is 5.60. The van der Waals surface area contributed by atoms with Crippen LogP contribution in [0.2, 0.25) is 0 Å². The van der Waals surface area contributed by atoms with Crippen molar-refractivity contribution in [2.75, 3.05) is 6.61 Å². The van der Waals surface area contributed by atoms with Crippen LogP contribution in [-0.2, 0) is 19.5 Å². The van der Waals surface area contributed by atoms with Crippen molar-refractivity contribution in [1.29, 1.82) is 0 Å². The quantitative estimate of drug-likeness (QED) is 0.758. The summed E-state index contributed by atoms with van der Waals surface area (Å²) in [4.78, 5) is 1.39. The SMILES string of the molecule is CCOc1cc(CCl)ccc1OCc1nnn(C)n1. The van der Waals surface area contributed by atoms with Crippen LogP contribution < -0.4 is 9.47 Å². The normalized spacial score (nSPS) is 10.5. The molecule has 1 aromatic heterocycles. The molecule has 0 bridgehead atoms. The Bertz CT molecular complexity index is 544. The van der Waals surface area contributed by atoms with E-state index in [9.17, 15) is 0 Å². The topological polar surface area (TPSA) is 62.1 Å². The second-order valence-electron chi connectivity index (χ2n) is 3.83. The number of ether oxygens (including phenoxy) is 2. The highest BCUT2D eigenvalue weighted by Crippen LogP contribution is 2.29. The summed E-state index contributed by atoms with van der Waals surface area (Å²) in [5.41, 5.74) is 0.982. The maximum Gasteiger partial charge on any atom is 0.212 e. The van der Waals surface area contributed by atoms with Crippen molar-refractivity contribution >= 4 is 11.6 Å². The van der Waals surface area contributed by atoms with E-state index in [0.29, 0.717) is 29.8 Å². The molecule has 0 unspecified atom stereocenters. The Labute approximate surface area is 116 Å². The van der Waals surface area contributed by atoms with Gasteiger partial charge in [0, 0.05) is 5.88 Å². The van der Waals surface area contributed by atoms with E-state index in [-0.39, 0.29) is 6.61 Å². The molecule has 1 heterocycles. The molecule has 19 heavy (non-hydrogen) atoms. The van der Waals surface area contributed by atoms with Crippen molar-refractivity contribution in [3.05, 3.63) is 29.6 Å². The Kier molecular flexibility index (Phi) is 4.57. The molecule has 0 saturated carbocycles. The van der Waals surface area contributed by atoms with Crippen molar-refractivity contribution < 1.29 is 9.47 Å². The lowest BCUT2D eigenvalue weighted by Crippen LogP contribution is -2.02. The van der Waals surface area contributed by atoms with Crippen LogP contribution in [0.25, 0.3) is 0 Å². The van der Waals surface area contributed by atoms with Gasteiger partial charge in [0.25, 0.3) is 0 Å². The number of hydrogen-bond acceptors (Lipinski definition) is 5. The van der Waals surface area contributed by atoms with Gasteiger partial charge in [-0.05, 0) is 29.8 Å². The Morgan fingerprint density at radius 1 is 1.26 bits per heavy atom. The number of alkyl halides is 1. The fraction of sp³-hybridized carbons (Fsp3) is 0.417. The fourth-order valence-corrected chi connectivity index (χ4v) is 1.71. The maximum atomic E-state index is 5.80. The molecule has 1 aromatic carbocycles. The summed E-state index contributed by atoms with van der Waals surface area (Å²) in [6.45, 7) is 2.72. The Balaban J connectivity index is 2.10. The van der Waals surface area contributed by atoms with Crippen molar-refractivity contribution in [1.82, 2.24) is 20.2 Å². The Hall–Kier alpha value is -1.82. The zero-order valence-corrected chi connectivity index (χ0v) is 11.6. The van der Waals surface area contributed by atoms with Crippen LogP contribution in [0.3, 0.4) is 0 Å². The van der Waals surface area contributed by atoms with E-state index >= 15 is 0 Å². The first-order chi connectivity index (χ1) is 9.22. The predicted octanol–water partition coefficient (Wildman–Crippen LogP) is 1.93. The molecule has 0 amide bonds. The molecule has 0 saturated heterocycles. The number of aryl methyl sites for hydroxylation is 1. The molecular weight excluding hydrogens is 268 g/mol. The van der Waals surface area contributed by atoms with Gasteiger partial charge in [-0.3, -0.25) is 0 Å². The molecule has 0 atom stereocenters. The average Bonchev–Trinajstić information content (AvgIpc) is 2.83. The van der Waals surface area contributed by atoms with Gasteiger partial charge in [-0.25, -0.2) is 0 Å². The highest BCUT2D eigenvalue weighted by Gasteiger charge is 2.08. The van der Waals surface area contributed by atoms with E-state index in [0.717, 1.165) is 5.56 Å². The summed E-state index contributed by atoms with van der Waals surface area (Å²) in [7, 11) is 1.71. The molecule has 0 aliphatic carbocycles. The van der Waals surface area contributed by atoms with Crippen molar-refractivity contribution in [2.24, 2.45) is 7.05 Å². The lowest BCUT2D eigenvalue weighted by molar-refractivity contribution is 0.263. The number of hydrogen-bond donors (Lipinski definition) is 0. The van der Waals surface area contributed by atoms with Crippen molar-refractivity contribution in [3.8, 4) is 11.5 Å². The molecule has 0 fully saturated rings. The molecule has 0 radical (unpaired) electrons. The van der Waals surface area contributed by atoms with Crippen LogP contribution in [-0.4, -0.2) is 26.8 Å². The number of aromatic nitrogens is 4. The standard InChI is InChI=1S/C12H15ClN4O2/c1-3-18-11-6-9(7-13)4-5-10(11)19-8-12-14-16-17(2)15-12/h4-6H,3,7-8H2,1-2H3. The predicted molar refractivity (Wildman–Crippen MR) is 70.3 cm³/mol. The van der Waals surface area contributed by atoms with E-state index in [1.165, 1.54) is 4.80 Å². The van der Waals surface area contributed by atoms with E-state index in [1.54, 1.807) is 7.05 Å². The first-order valence-electron chi connectivity index (χ1n) is 5.90. The Morgan fingerprint density at radius 2 is 2.11 bits per heavy atom. The van der Waals surface area contributed by atoms with Crippen LogP contribution in [0.15, 0.2) is 18.2 Å². The van der Waals surface area contributed by atoms with Gasteiger partial charge >= 0.3 is 0 Å². The molecule has 2 rings (SSSR count). The number of tetrazole rings is 1. The van der Waals surface area contributed by atoms with E-state index in [1.807, 2.05) is 25.1 Å². The van der Waals surface area contributed by atoms with Crippen LogP contribution in [0, 0.1) is 0 Å². The van der Waals surface area contributed by atoms with Gasteiger partial charge in [-0.1, -0.05) is 6.07 Å². The van der Waals surface area contributed by atoms with Crippen molar-refractivity contribution in [3.63, 3.8) is 0 Å². The van der Waals surface area contributed by atoms with Gasteiger partial charge in [0.05, 0.1) is 13.7 Å². The molecule has 0 N–H and O–H groups in total. The van der Waals surface area contributed by atoms with Gasteiger partial charge in [-0.2, -0.15) is 4.80 Å². The van der Waals surface area contributed by atoms with Gasteiger partial charge in [0.1, 0.15) is 0 Å². The lowest BCUT2D eigenvalue weighted by Gasteiger charge is -2.11. The number of rotatable bonds is 6. The molecular formula is C12H15ClN4O2. The van der Waals surface area contributed by atoms with E-state index in [4.69, 9.17) is 21.1 Å². The van der Waals surface area contributed by atoms with Gasteiger partial charge in [0.2, 0.25) is 5.82 Å². The monoisotopic (exact) mass is 282 g/mol. The average molecular weight is 283 g/mol. The first kappa shape index (κ1) is 13.6. The van der Waals surface area contributed by atoms with Crippen LogP contribution >= 0.6 is 11.6 Å². The second-order valence-corrected chi connectivity index (χ2v) is 4.10.